The first kappa shape index (κ1) is 19.9. The van der Waals surface area contributed by atoms with Crippen LogP contribution in [0.25, 0.3) is 5.69 Å². The van der Waals surface area contributed by atoms with Crippen molar-refractivity contribution in [3.63, 3.8) is 0 Å². The van der Waals surface area contributed by atoms with Crippen LogP contribution in [0.15, 0.2) is 53.3 Å². The van der Waals surface area contributed by atoms with E-state index >= 15 is 0 Å². The van der Waals surface area contributed by atoms with Crippen molar-refractivity contribution >= 4 is 11.6 Å². The van der Waals surface area contributed by atoms with E-state index in [4.69, 9.17) is 0 Å². The molecule has 1 amide bonds. The van der Waals surface area contributed by atoms with Gasteiger partial charge in [0.2, 0.25) is 0 Å². The molecule has 7 heteroatoms. The normalized spacial score (nSPS) is 14.7. The second kappa shape index (κ2) is 8.18. The number of hydrogen-bond donors (Lipinski definition) is 1. The number of aromatic amines is 1. The number of carbonyl (C=O) groups excluding carboxylic acids is 1. The molecule has 1 aliphatic rings. The molecule has 0 radical (unpaired) electrons. The van der Waals surface area contributed by atoms with Gasteiger partial charge in [0, 0.05) is 44.4 Å². The van der Waals surface area contributed by atoms with Crippen LogP contribution >= 0.6 is 0 Å². The zero-order valence-electron chi connectivity index (χ0n) is 17.6. The van der Waals surface area contributed by atoms with E-state index in [2.05, 4.69) is 10.2 Å². The first-order valence-electron chi connectivity index (χ1n) is 10.2. The van der Waals surface area contributed by atoms with Crippen LogP contribution in [0.3, 0.4) is 0 Å². The van der Waals surface area contributed by atoms with Crippen LogP contribution in [0.5, 0.6) is 0 Å². The fourth-order valence-electron chi connectivity index (χ4n) is 3.97. The summed E-state index contributed by atoms with van der Waals surface area (Å²) in [6.07, 6.45) is 1.55. The number of hydrogen-bond acceptors (Lipinski definition) is 4. The van der Waals surface area contributed by atoms with Gasteiger partial charge >= 0.3 is 5.69 Å². The number of anilines is 1. The van der Waals surface area contributed by atoms with Crippen molar-refractivity contribution in [3.8, 4) is 5.69 Å². The molecule has 0 saturated carbocycles. The van der Waals surface area contributed by atoms with Crippen LogP contribution in [0, 0.1) is 6.92 Å². The molecule has 3 aromatic rings. The van der Waals surface area contributed by atoms with Crippen LogP contribution in [0.1, 0.15) is 40.5 Å². The number of nitrogens with one attached hydrogen (secondary N) is 1. The summed E-state index contributed by atoms with van der Waals surface area (Å²) in [7, 11) is 3.93. The molecule has 7 nitrogen and oxygen atoms in total. The molecule has 30 heavy (non-hydrogen) atoms. The average molecular weight is 406 g/mol. The quantitative estimate of drug-likeness (QED) is 0.724. The number of piperidine rings is 1. The van der Waals surface area contributed by atoms with Crippen molar-refractivity contribution in [1.82, 2.24) is 19.7 Å². The Morgan fingerprint density at radius 3 is 2.47 bits per heavy atom. The van der Waals surface area contributed by atoms with Gasteiger partial charge in [-0.15, -0.1) is 0 Å². The molecule has 0 atom stereocenters. The lowest BCUT2D eigenvalue weighted by molar-refractivity contribution is 0.0710. The van der Waals surface area contributed by atoms with Crippen LogP contribution < -0.4 is 10.6 Å². The maximum Gasteiger partial charge on any atom is 0.347 e. The highest BCUT2D eigenvalue weighted by Crippen LogP contribution is 2.28. The van der Waals surface area contributed by atoms with E-state index in [0.717, 1.165) is 35.6 Å². The largest absolute Gasteiger partial charge is 0.378 e. The van der Waals surface area contributed by atoms with E-state index in [1.54, 1.807) is 4.57 Å². The number of nitrogens with zero attached hydrogens (tertiary/aromatic N) is 4. The van der Waals surface area contributed by atoms with E-state index in [1.165, 1.54) is 0 Å². The third kappa shape index (κ3) is 3.87. The van der Waals surface area contributed by atoms with Gasteiger partial charge in [-0.3, -0.25) is 4.79 Å². The van der Waals surface area contributed by atoms with Crippen molar-refractivity contribution in [3.05, 3.63) is 76.0 Å². The zero-order valence-corrected chi connectivity index (χ0v) is 17.6. The summed E-state index contributed by atoms with van der Waals surface area (Å²) in [5.74, 6) is 0.920. The van der Waals surface area contributed by atoms with E-state index in [0.29, 0.717) is 18.7 Å². The number of rotatable bonds is 4. The predicted octanol–water partition coefficient (Wildman–Crippen LogP) is 2.95. The first-order chi connectivity index (χ1) is 14.4. The molecule has 0 bridgehead atoms. The SMILES string of the molecule is Cc1ccc(-n2c(C3CCN(C(=O)c4cccc(N(C)C)c4)CC3)n[nH]c2=O)cc1. The summed E-state index contributed by atoms with van der Waals surface area (Å²) in [5, 5.41) is 6.91. The van der Waals surface area contributed by atoms with Crippen molar-refractivity contribution in [1.29, 1.82) is 0 Å². The smallest absolute Gasteiger partial charge is 0.347 e. The Bertz CT molecular complexity index is 1090. The fourth-order valence-corrected chi connectivity index (χ4v) is 3.97. The standard InChI is InChI=1S/C23H27N5O2/c1-16-7-9-19(10-8-16)28-21(24-25-23(28)30)17-11-13-27(14-12-17)22(29)18-5-4-6-20(15-18)26(2)3/h4-10,15,17H,11-14H2,1-3H3,(H,25,30). The highest BCUT2D eigenvalue weighted by atomic mass is 16.2. The molecular formula is C23H27N5O2. The summed E-state index contributed by atoms with van der Waals surface area (Å²) in [6.45, 7) is 3.30. The third-order valence-electron chi connectivity index (χ3n) is 5.75. The Kier molecular flexibility index (Phi) is 5.44. The number of likely N-dealkylation sites (tertiary alicyclic amines) is 1. The molecule has 0 unspecified atom stereocenters. The van der Waals surface area contributed by atoms with Gasteiger partial charge in [-0.05, 0) is 50.1 Å². The molecule has 4 rings (SSSR count). The van der Waals surface area contributed by atoms with Crippen LogP contribution in [-0.2, 0) is 0 Å². The van der Waals surface area contributed by atoms with Crippen LogP contribution in [-0.4, -0.2) is 52.8 Å². The molecule has 0 aliphatic carbocycles. The van der Waals surface area contributed by atoms with Gasteiger partial charge in [0.25, 0.3) is 5.91 Å². The second-order valence-electron chi connectivity index (χ2n) is 8.07. The second-order valence-corrected chi connectivity index (χ2v) is 8.07. The van der Waals surface area contributed by atoms with Crippen LogP contribution in [0.2, 0.25) is 0 Å². The Hall–Kier alpha value is -3.35. The minimum Gasteiger partial charge on any atom is -0.378 e. The van der Waals surface area contributed by atoms with Crippen molar-refractivity contribution in [2.45, 2.75) is 25.7 Å². The van der Waals surface area contributed by atoms with Crippen molar-refractivity contribution in [2.24, 2.45) is 0 Å². The van der Waals surface area contributed by atoms with Gasteiger partial charge in [0.1, 0.15) is 5.82 Å². The van der Waals surface area contributed by atoms with Crippen molar-refractivity contribution < 1.29 is 4.79 Å². The summed E-state index contributed by atoms with van der Waals surface area (Å²) < 4.78 is 1.65. The minimum absolute atomic E-state index is 0.0510. The Balaban J connectivity index is 1.49. The molecule has 1 fully saturated rings. The number of benzene rings is 2. The number of amides is 1. The highest BCUT2D eigenvalue weighted by Gasteiger charge is 2.28. The lowest BCUT2D eigenvalue weighted by Gasteiger charge is -2.31. The first-order valence-corrected chi connectivity index (χ1v) is 10.2. The van der Waals surface area contributed by atoms with E-state index < -0.39 is 0 Å². The van der Waals surface area contributed by atoms with E-state index in [1.807, 2.05) is 79.3 Å². The summed E-state index contributed by atoms with van der Waals surface area (Å²) in [5.41, 5.74) is 3.44. The fraction of sp³-hybridized carbons (Fsp3) is 0.348. The lowest BCUT2D eigenvalue weighted by Crippen LogP contribution is -2.38. The average Bonchev–Trinajstić information content (AvgIpc) is 3.15. The maximum absolute atomic E-state index is 13.0. The van der Waals surface area contributed by atoms with Gasteiger partial charge < -0.3 is 9.80 Å². The lowest BCUT2D eigenvalue weighted by atomic mass is 9.95. The van der Waals surface area contributed by atoms with Gasteiger partial charge in [0.05, 0.1) is 5.69 Å². The number of aryl methyl sites for hydroxylation is 1. The number of H-pyrrole nitrogens is 1. The van der Waals surface area contributed by atoms with Gasteiger partial charge in [-0.25, -0.2) is 14.5 Å². The summed E-state index contributed by atoms with van der Waals surface area (Å²) in [6, 6.07) is 15.5. The number of aromatic nitrogens is 3. The van der Waals surface area contributed by atoms with Gasteiger partial charge in [-0.2, -0.15) is 5.10 Å². The summed E-state index contributed by atoms with van der Waals surface area (Å²) >= 11 is 0. The van der Waals surface area contributed by atoms with Gasteiger partial charge in [-0.1, -0.05) is 23.8 Å². The summed E-state index contributed by atoms with van der Waals surface area (Å²) in [4.78, 5) is 29.2. The zero-order chi connectivity index (χ0) is 21.3. The maximum atomic E-state index is 13.0. The highest BCUT2D eigenvalue weighted by molar-refractivity contribution is 5.95. The number of carbonyl (C=O) groups is 1. The molecule has 2 aromatic carbocycles. The Morgan fingerprint density at radius 1 is 1.10 bits per heavy atom. The van der Waals surface area contributed by atoms with Crippen molar-refractivity contribution in [2.75, 3.05) is 32.1 Å². The molecule has 0 spiro atoms. The van der Waals surface area contributed by atoms with Crippen LogP contribution in [0.4, 0.5) is 5.69 Å². The Labute approximate surface area is 175 Å². The Morgan fingerprint density at radius 2 is 1.80 bits per heavy atom. The molecule has 1 aliphatic heterocycles. The topological polar surface area (TPSA) is 74.2 Å². The van der Waals surface area contributed by atoms with E-state index in [9.17, 15) is 9.59 Å². The molecule has 2 heterocycles. The minimum atomic E-state index is -0.229. The predicted molar refractivity (Wildman–Crippen MR) is 118 cm³/mol. The molecular weight excluding hydrogens is 378 g/mol. The molecule has 1 N–H and O–H groups in total. The monoisotopic (exact) mass is 405 g/mol. The molecule has 1 aromatic heterocycles. The third-order valence-corrected chi connectivity index (χ3v) is 5.75. The van der Waals surface area contributed by atoms with E-state index in [-0.39, 0.29) is 17.5 Å². The molecule has 156 valence electrons. The van der Waals surface area contributed by atoms with Gasteiger partial charge in [0.15, 0.2) is 0 Å². The molecule has 1 saturated heterocycles.